The lowest BCUT2D eigenvalue weighted by Gasteiger charge is -2.24. The number of hydrogen-bond donors (Lipinski definition) is 1. The number of benzene rings is 3. The second-order valence-corrected chi connectivity index (χ2v) is 9.34. The molecular weight excluding hydrogens is 455 g/mol. The Morgan fingerprint density at radius 2 is 1.77 bits per heavy atom. The number of hydrogen-bond acceptors (Lipinski definition) is 3. The molecule has 2 atom stereocenters. The van der Waals surface area contributed by atoms with Crippen molar-refractivity contribution in [1.82, 2.24) is 4.90 Å². The van der Waals surface area contributed by atoms with Crippen LogP contribution in [-0.2, 0) is 11.2 Å². The van der Waals surface area contributed by atoms with Crippen molar-refractivity contribution in [2.75, 3.05) is 13.1 Å². The van der Waals surface area contributed by atoms with Gasteiger partial charge in [0.1, 0.15) is 17.4 Å². The number of carboxylic acid groups (broad SMARTS) is 1. The van der Waals surface area contributed by atoms with Crippen LogP contribution >= 0.6 is 0 Å². The van der Waals surface area contributed by atoms with Crippen LogP contribution < -0.4 is 0 Å². The van der Waals surface area contributed by atoms with E-state index in [9.17, 15) is 14.3 Å². The predicted molar refractivity (Wildman–Crippen MR) is 125 cm³/mol. The molecule has 3 aromatic carbocycles. The molecule has 0 radical (unpaired) electrons. The van der Waals surface area contributed by atoms with Gasteiger partial charge in [-0.15, -0.1) is 0 Å². The van der Waals surface area contributed by atoms with E-state index >= 15 is 8.78 Å². The van der Waals surface area contributed by atoms with Gasteiger partial charge in [0.2, 0.25) is 0 Å². The van der Waals surface area contributed by atoms with E-state index in [2.05, 4.69) is 4.90 Å². The fourth-order valence-corrected chi connectivity index (χ4v) is 5.58. The van der Waals surface area contributed by atoms with E-state index in [0.29, 0.717) is 42.4 Å². The van der Waals surface area contributed by atoms with Gasteiger partial charge in [-0.1, -0.05) is 24.3 Å². The minimum Gasteiger partial charge on any atom is -0.481 e. The fraction of sp³-hybridized carbons (Fsp3) is 0.250. The smallest absolute Gasteiger partial charge is 0.307 e. The molecule has 1 aliphatic heterocycles. The summed E-state index contributed by atoms with van der Waals surface area (Å²) in [5, 5.41) is 9.88. The Balaban J connectivity index is 1.39. The molecule has 1 aliphatic carbocycles. The molecule has 178 valence electrons. The lowest BCUT2D eigenvalue weighted by Crippen LogP contribution is -2.26. The van der Waals surface area contributed by atoms with E-state index in [4.69, 9.17) is 4.42 Å². The summed E-state index contributed by atoms with van der Waals surface area (Å²) in [5.41, 5.74) is 2.31. The average molecular weight is 477 g/mol. The summed E-state index contributed by atoms with van der Waals surface area (Å²) in [6.45, 7) is 1.11. The molecule has 1 saturated heterocycles. The summed E-state index contributed by atoms with van der Waals surface area (Å²) in [7, 11) is 0. The molecule has 0 bridgehead atoms. The molecule has 4 nitrogen and oxygen atoms in total. The zero-order chi connectivity index (χ0) is 24.3. The molecule has 1 fully saturated rings. The number of aliphatic carboxylic acids is 1. The second-order valence-electron chi connectivity index (χ2n) is 9.34. The van der Waals surface area contributed by atoms with E-state index < -0.39 is 29.3 Å². The lowest BCUT2D eigenvalue weighted by molar-refractivity contribution is -0.141. The first-order valence-electron chi connectivity index (χ1n) is 11.7. The predicted octanol–water partition coefficient (Wildman–Crippen LogP) is 6.58. The molecule has 0 unspecified atom stereocenters. The van der Waals surface area contributed by atoms with Crippen LogP contribution in [0, 0.1) is 23.4 Å². The number of likely N-dealkylation sites (tertiary alicyclic amines) is 1. The Morgan fingerprint density at radius 3 is 2.54 bits per heavy atom. The van der Waals surface area contributed by atoms with Crippen LogP contribution in [0.25, 0.3) is 33.4 Å². The van der Waals surface area contributed by atoms with Crippen molar-refractivity contribution in [3.8, 4) is 22.5 Å². The minimum atomic E-state index is -0.797. The zero-order valence-corrected chi connectivity index (χ0v) is 18.7. The molecule has 0 spiro atoms. The van der Waals surface area contributed by atoms with Gasteiger partial charge >= 0.3 is 5.97 Å². The highest BCUT2D eigenvalue weighted by Gasteiger charge is 2.37. The van der Waals surface area contributed by atoms with Gasteiger partial charge in [-0.05, 0) is 72.8 Å². The molecule has 6 rings (SSSR count). The van der Waals surface area contributed by atoms with Crippen LogP contribution in [0.5, 0.6) is 0 Å². The van der Waals surface area contributed by atoms with E-state index in [-0.39, 0.29) is 28.5 Å². The van der Waals surface area contributed by atoms with Crippen LogP contribution in [0.4, 0.5) is 13.2 Å². The van der Waals surface area contributed by atoms with E-state index in [1.54, 1.807) is 30.3 Å². The highest BCUT2D eigenvalue weighted by atomic mass is 19.1. The highest BCUT2D eigenvalue weighted by Crippen LogP contribution is 2.44. The van der Waals surface area contributed by atoms with Gasteiger partial charge in [-0.3, -0.25) is 9.69 Å². The van der Waals surface area contributed by atoms with Crippen LogP contribution in [0.1, 0.15) is 30.0 Å². The molecule has 0 amide bonds. The van der Waals surface area contributed by atoms with E-state index in [0.717, 1.165) is 12.0 Å². The third kappa shape index (κ3) is 3.62. The van der Waals surface area contributed by atoms with Gasteiger partial charge in [0.15, 0.2) is 11.4 Å². The van der Waals surface area contributed by atoms with Crippen molar-refractivity contribution in [2.24, 2.45) is 5.92 Å². The summed E-state index contributed by atoms with van der Waals surface area (Å²) in [6.07, 6.45) is 1.85. The molecule has 0 saturated carbocycles. The molecule has 1 aromatic heterocycles. The van der Waals surface area contributed by atoms with Gasteiger partial charge < -0.3 is 9.52 Å². The van der Waals surface area contributed by atoms with Crippen molar-refractivity contribution in [3.05, 3.63) is 83.2 Å². The summed E-state index contributed by atoms with van der Waals surface area (Å²) >= 11 is 0. The molecule has 7 heteroatoms. The third-order valence-corrected chi connectivity index (χ3v) is 7.32. The first-order valence-corrected chi connectivity index (χ1v) is 11.7. The van der Waals surface area contributed by atoms with Crippen molar-refractivity contribution in [3.63, 3.8) is 0 Å². The summed E-state index contributed by atoms with van der Waals surface area (Å²) in [6, 6.07) is 14.0. The first kappa shape index (κ1) is 21.9. The van der Waals surface area contributed by atoms with E-state index in [1.165, 1.54) is 18.2 Å². The van der Waals surface area contributed by atoms with Gasteiger partial charge in [0, 0.05) is 23.5 Å². The quantitative estimate of drug-likeness (QED) is 0.361. The topological polar surface area (TPSA) is 53.7 Å². The van der Waals surface area contributed by atoms with Crippen LogP contribution in [0.3, 0.4) is 0 Å². The number of fused-ring (bicyclic) bond motifs is 2. The van der Waals surface area contributed by atoms with Crippen LogP contribution in [0.2, 0.25) is 0 Å². The highest BCUT2D eigenvalue weighted by molar-refractivity contribution is 5.86. The lowest BCUT2D eigenvalue weighted by atomic mass is 10.0. The average Bonchev–Trinajstić information content (AvgIpc) is 3.57. The van der Waals surface area contributed by atoms with Gasteiger partial charge in [0.05, 0.1) is 11.5 Å². The zero-order valence-electron chi connectivity index (χ0n) is 18.7. The SMILES string of the molecule is O=C(O)[C@@H]1CCN([C@@H]2CCc3c2cc2cc(-c4cccc(-c5cccc(F)c5)c4F)oc2c3F)C1. The van der Waals surface area contributed by atoms with Crippen molar-refractivity contribution < 1.29 is 27.5 Å². The van der Waals surface area contributed by atoms with Crippen molar-refractivity contribution >= 4 is 16.9 Å². The van der Waals surface area contributed by atoms with Crippen LogP contribution in [-0.4, -0.2) is 29.1 Å². The molecule has 4 aromatic rings. The monoisotopic (exact) mass is 477 g/mol. The molecular formula is C28H22F3NO3. The maximum absolute atomic E-state index is 15.5. The number of rotatable bonds is 4. The maximum Gasteiger partial charge on any atom is 0.307 e. The maximum atomic E-state index is 15.5. The van der Waals surface area contributed by atoms with Gasteiger partial charge in [0.25, 0.3) is 0 Å². The normalized spacial score (nSPS) is 20.0. The summed E-state index contributed by atoms with van der Waals surface area (Å²) in [5.74, 6) is -2.48. The number of furan rings is 1. The Kier molecular flexibility index (Phi) is 5.18. The van der Waals surface area contributed by atoms with Gasteiger partial charge in [-0.2, -0.15) is 0 Å². The Labute approximate surface area is 199 Å². The summed E-state index contributed by atoms with van der Waals surface area (Å²) in [4.78, 5) is 13.5. The number of nitrogens with zero attached hydrogens (tertiary/aromatic N) is 1. The molecule has 2 aliphatic rings. The number of carbonyl (C=O) groups is 1. The van der Waals surface area contributed by atoms with Crippen LogP contribution in [0.15, 0.2) is 59.0 Å². The molecule has 1 N–H and O–H groups in total. The standard InChI is InChI=1S/C28H22F3NO3/c29-18-4-1-3-15(11-18)19-5-2-6-21(25(19)30)24-13-17-12-22-20(26(31)27(17)35-24)7-8-23(22)32-10-9-16(14-32)28(33)34/h1-6,11-13,16,23H,7-10,14H2,(H,33,34)/t16-,23-/m1/s1. The first-order chi connectivity index (χ1) is 16.9. The largest absolute Gasteiger partial charge is 0.481 e. The number of carboxylic acids is 1. The second kappa shape index (κ2) is 8.27. The van der Waals surface area contributed by atoms with Gasteiger partial charge in [-0.25, -0.2) is 13.2 Å². The number of halogens is 3. The Morgan fingerprint density at radius 1 is 0.971 bits per heavy atom. The minimum absolute atomic E-state index is 0.0420. The molecule has 35 heavy (non-hydrogen) atoms. The Bertz CT molecular complexity index is 1480. The van der Waals surface area contributed by atoms with E-state index in [1.807, 2.05) is 6.07 Å². The van der Waals surface area contributed by atoms with Crippen molar-refractivity contribution in [2.45, 2.75) is 25.3 Å². The molecule has 2 heterocycles. The third-order valence-electron chi connectivity index (χ3n) is 7.32. The summed E-state index contributed by atoms with van der Waals surface area (Å²) < 4.78 is 50.5. The fourth-order valence-electron chi connectivity index (χ4n) is 5.58. The van der Waals surface area contributed by atoms with Crippen molar-refractivity contribution in [1.29, 1.82) is 0 Å². The Hall–Kier alpha value is -3.58.